The Morgan fingerprint density at radius 1 is 1.29 bits per heavy atom. The van der Waals surface area contributed by atoms with E-state index in [4.69, 9.17) is 4.74 Å². The predicted molar refractivity (Wildman–Crippen MR) is 84.1 cm³/mol. The molecule has 5 nitrogen and oxygen atoms in total. The van der Waals surface area contributed by atoms with Gasteiger partial charge in [-0.2, -0.15) is 0 Å². The van der Waals surface area contributed by atoms with Gasteiger partial charge < -0.3 is 19.9 Å². The van der Waals surface area contributed by atoms with Gasteiger partial charge in [-0.1, -0.05) is 12.1 Å². The Morgan fingerprint density at radius 2 is 2.10 bits per heavy atom. The molecule has 1 saturated heterocycles. The fourth-order valence-electron chi connectivity index (χ4n) is 3.10. The summed E-state index contributed by atoms with van der Waals surface area (Å²) < 4.78 is 5.07. The number of anilines is 2. The molecule has 1 aromatic rings. The monoisotopic (exact) mass is 289 g/mol. The quantitative estimate of drug-likeness (QED) is 0.907. The molecule has 2 heterocycles. The number of ether oxygens (including phenoxy) is 1. The summed E-state index contributed by atoms with van der Waals surface area (Å²) in [5.41, 5.74) is 3.97. The number of hydrogen-bond donors (Lipinski definition) is 1. The minimum Gasteiger partial charge on any atom is -0.450 e. The number of amides is 1. The SMILES string of the molecule is CCOC(=O)N1CCN(c2cccc3c2NCCC3)CC1. The Labute approximate surface area is 125 Å². The third kappa shape index (κ3) is 2.91. The first-order valence-electron chi connectivity index (χ1n) is 7.82. The first-order valence-corrected chi connectivity index (χ1v) is 7.82. The fourth-order valence-corrected chi connectivity index (χ4v) is 3.10. The molecule has 5 heteroatoms. The number of carbonyl (C=O) groups excluding carboxylic acids is 1. The van der Waals surface area contributed by atoms with Crippen LogP contribution in [0.3, 0.4) is 0 Å². The van der Waals surface area contributed by atoms with Gasteiger partial charge in [-0.05, 0) is 31.4 Å². The first-order chi connectivity index (χ1) is 10.3. The van der Waals surface area contributed by atoms with Gasteiger partial charge in [-0.25, -0.2) is 4.79 Å². The molecule has 2 aliphatic heterocycles. The number of carbonyl (C=O) groups is 1. The smallest absolute Gasteiger partial charge is 0.409 e. The number of hydrogen-bond acceptors (Lipinski definition) is 4. The van der Waals surface area contributed by atoms with Crippen LogP contribution < -0.4 is 10.2 Å². The standard InChI is InChI=1S/C16H23N3O2/c1-2-21-16(20)19-11-9-18(10-12-19)14-7-3-5-13-6-4-8-17-15(13)14/h3,5,7,17H,2,4,6,8-12H2,1H3. The largest absolute Gasteiger partial charge is 0.450 e. The zero-order chi connectivity index (χ0) is 14.7. The summed E-state index contributed by atoms with van der Waals surface area (Å²) in [4.78, 5) is 15.9. The number of aryl methyl sites for hydroxylation is 1. The molecule has 0 saturated carbocycles. The van der Waals surface area contributed by atoms with Gasteiger partial charge in [0.05, 0.1) is 18.0 Å². The van der Waals surface area contributed by atoms with Crippen LogP contribution in [-0.2, 0) is 11.2 Å². The second-order valence-electron chi connectivity index (χ2n) is 5.51. The van der Waals surface area contributed by atoms with Crippen molar-refractivity contribution in [2.75, 3.05) is 49.5 Å². The van der Waals surface area contributed by atoms with Crippen molar-refractivity contribution in [3.8, 4) is 0 Å². The van der Waals surface area contributed by atoms with Crippen LogP contribution in [0.1, 0.15) is 18.9 Å². The van der Waals surface area contributed by atoms with Gasteiger partial charge in [0.2, 0.25) is 0 Å². The highest BCUT2D eigenvalue weighted by Gasteiger charge is 2.24. The van der Waals surface area contributed by atoms with Gasteiger partial charge in [0, 0.05) is 32.7 Å². The van der Waals surface area contributed by atoms with E-state index in [9.17, 15) is 4.79 Å². The molecule has 0 radical (unpaired) electrons. The van der Waals surface area contributed by atoms with E-state index in [1.54, 1.807) is 4.90 Å². The highest BCUT2D eigenvalue weighted by atomic mass is 16.6. The Hall–Kier alpha value is -1.91. The molecule has 0 aliphatic carbocycles. The fraction of sp³-hybridized carbons (Fsp3) is 0.562. The van der Waals surface area contributed by atoms with Gasteiger partial charge in [0.25, 0.3) is 0 Å². The second kappa shape index (κ2) is 6.24. The van der Waals surface area contributed by atoms with Crippen molar-refractivity contribution in [1.29, 1.82) is 0 Å². The minimum atomic E-state index is -0.189. The highest BCUT2D eigenvalue weighted by molar-refractivity contribution is 5.75. The molecule has 1 aromatic carbocycles. The molecule has 0 atom stereocenters. The molecule has 1 amide bonds. The first kappa shape index (κ1) is 14.0. The molecular formula is C16H23N3O2. The Bertz CT molecular complexity index is 510. The molecular weight excluding hydrogens is 266 g/mol. The van der Waals surface area contributed by atoms with Gasteiger partial charge in [-0.3, -0.25) is 0 Å². The number of nitrogens with one attached hydrogen (secondary N) is 1. The number of para-hydroxylation sites is 1. The second-order valence-corrected chi connectivity index (χ2v) is 5.51. The third-order valence-electron chi connectivity index (χ3n) is 4.20. The molecule has 1 fully saturated rings. The number of nitrogens with zero attached hydrogens (tertiary/aromatic N) is 2. The molecule has 114 valence electrons. The van der Waals surface area contributed by atoms with E-state index in [1.165, 1.54) is 23.4 Å². The summed E-state index contributed by atoms with van der Waals surface area (Å²) in [5.74, 6) is 0. The molecule has 1 N–H and O–H groups in total. The maximum absolute atomic E-state index is 11.7. The van der Waals surface area contributed by atoms with Gasteiger partial charge in [-0.15, -0.1) is 0 Å². The Balaban J connectivity index is 1.69. The zero-order valence-corrected chi connectivity index (χ0v) is 12.6. The van der Waals surface area contributed by atoms with Gasteiger partial charge in [0.15, 0.2) is 0 Å². The van der Waals surface area contributed by atoms with Crippen LogP contribution in [0.4, 0.5) is 16.2 Å². The van der Waals surface area contributed by atoms with E-state index in [-0.39, 0.29) is 6.09 Å². The van der Waals surface area contributed by atoms with Crippen LogP contribution in [0.25, 0.3) is 0 Å². The van der Waals surface area contributed by atoms with Crippen molar-refractivity contribution < 1.29 is 9.53 Å². The highest BCUT2D eigenvalue weighted by Crippen LogP contribution is 2.33. The third-order valence-corrected chi connectivity index (χ3v) is 4.20. The molecule has 0 unspecified atom stereocenters. The average Bonchev–Trinajstić information content (AvgIpc) is 2.55. The number of rotatable bonds is 2. The topological polar surface area (TPSA) is 44.8 Å². The van der Waals surface area contributed by atoms with Crippen molar-refractivity contribution >= 4 is 17.5 Å². The molecule has 0 spiro atoms. The summed E-state index contributed by atoms with van der Waals surface area (Å²) >= 11 is 0. The average molecular weight is 289 g/mol. The molecule has 0 bridgehead atoms. The van der Waals surface area contributed by atoms with Crippen molar-refractivity contribution in [2.45, 2.75) is 19.8 Å². The van der Waals surface area contributed by atoms with E-state index < -0.39 is 0 Å². The van der Waals surface area contributed by atoms with Crippen LogP contribution in [0.5, 0.6) is 0 Å². The van der Waals surface area contributed by atoms with Crippen molar-refractivity contribution in [3.05, 3.63) is 23.8 Å². The van der Waals surface area contributed by atoms with Crippen LogP contribution in [0.2, 0.25) is 0 Å². The van der Waals surface area contributed by atoms with E-state index >= 15 is 0 Å². The molecule has 21 heavy (non-hydrogen) atoms. The maximum atomic E-state index is 11.7. The van der Waals surface area contributed by atoms with E-state index in [0.29, 0.717) is 6.61 Å². The number of fused-ring (bicyclic) bond motifs is 1. The van der Waals surface area contributed by atoms with Crippen LogP contribution in [0.15, 0.2) is 18.2 Å². The number of benzene rings is 1. The Kier molecular flexibility index (Phi) is 4.18. The van der Waals surface area contributed by atoms with E-state index in [0.717, 1.165) is 39.1 Å². The van der Waals surface area contributed by atoms with E-state index in [2.05, 4.69) is 28.4 Å². The van der Waals surface area contributed by atoms with E-state index in [1.807, 2.05) is 6.92 Å². The molecule has 0 aromatic heterocycles. The van der Waals surface area contributed by atoms with Crippen LogP contribution >= 0.6 is 0 Å². The van der Waals surface area contributed by atoms with Crippen molar-refractivity contribution in [2.24, 2.45) is 0 Å². The maximum Gasteiger partial charge on any atom is 0.409 e. The Morgan fingerprint density at radius 3 is 2.86 bits per heavy atom. The van der Waals surface area contributed by atoms with Crippen LogP contribution in [-0.4, -0.2) is 50.3 Å². The summed E-state index contributed by atoms with van der Waals surface area (Å²) in [7, 11) is 0. The molecule has 2 aliphatic rings. The normalized spacial score (nSPS) is 18.0. The molecule has 3 rings (SSSR count). The lowest BCUT2D eigenvalue weighted by atomic mass is 10.0. The summed E-state index contributed by atoms with van der Waals surface area (Å²) in [6.07, 6.45) is 2.16. The minimum absolute atomic E-state index is 0.189. The predicted octanol–water partition coefficient (Wildman–Crippen LogP) is 2.32. The summed E-state index contributed by atoms with van der Waals surface area (Å²) in [5, 5.41) is 3.54. The summed E-state index contributed by atoms with van der Waals surface area (Å²) in [6, 6.07) is 6.52. The van der Waals surface area contributed by atoms with Crippen LogP contribution in [0, 0.1) is 0 Å². The summed E-state index contributed by atoms with van der Waals surface area (Å²) in [6.45, 7) is 6.50. The lowest BCUT2D eigenvalue weighted by Crippen LogP contribution is -2.49. The van der Waals surface area contributed by atoms with Gasteiger partial charge >= 0.3 is 6.09 Å². The van der Waals surface area contributed by atoms with Crippen molar-refractivity contribution in [3.63, 3.8) is 0 Å². The van der Waals surface area contributed by atoms with Crippen molar-refractivity contribution in [1.82, 2.24) is 4.90 Å². The zero-order valence-electron chi connectivity index (χ0n) is 12.6. The lowest BCUT2D eigenvalue weighted by molar-refractivity contribution is 0.105. The number of piperazine rings is 1. The lowest BCUT2D eigenvalue weighted by Gasteiger charge is -2.37. The van der Waals surface area contributed by atoms with Gasteiger partial charge in [0.1, 0.15) is 0 Å².